The van der Waals surface area contributed by atoms with Crippen molar-refractivity contribution >= 4 is 73.7 Å². The minimum atomic E-state index is -0.471. The van der Waals surface area contributed by atoms with Gasteiger partial charge in [0.2, 0.25) is 0 Å². The molecule has 1 heterocycles. The van der Waals surface area contributed by atoms with E-state index in [-0.39, 0.29) is 4.32 Å². The van der Waals surface area contributed by atoms with Crippen molar-refractivity contribution in [2.24, 2.45) is 0 Å². The molecule has 0 atom stereocenters. The maximum Gasteiger partial charge on any atom is 0.285 e. The van der Waals surface area contributed by atoms with Crippen LogP contribution in [0.1, 0.15) is 35.7 Å². The van der Waals surface area contributed by atoms with Crippen molar-refractivity contribution in [2.45, 2.75) is 19.8 Å². The molecule has 0 bridgehead atoms. The van der Waals surface area contributed by atoms with E-state index in [2.05, 4.69) is 28.3 Å². The molecule has 1 saturated heterocycles. The summed E-state index contributed by atoms with van der Waals surface area (Å²) < 4.78 is 6.95. The zero-order valence-electron chi connectivity index (χ0n) is 16.0. The topological polar surface area (TPSA) is 58.6 Å². The van der Waals surface area contributed by atoms with Crippen LogP contribution in [0.25, 0.3) is 6.08 Å². The van der Waals surface area contributed by atoms with Crippen LogP contribution in [0, 0.1) is 0 Å². The fraction of sp³-hybridized carbons (Fsp3) is 0.190. The highest BCUT2D eigenvalue weighted by Crippen LogP contribution is 2.34. The van der Waals surface area contributed by atoms with Gasteiger partial charge in [-0.1, -0.05) is 58.7 Å². The Morgan fingerprint density at radius 1 is 1.33 bits per heavy atom. The Labute approximate surface area is 197 Å². The Morgan fingerprint density at radius 3 is 2.87 bits per heavy atom. The smallest absolute Gasteiger partial charge is 0.285 e. The standard InChI is InChI=1S/C21H18BrClN2O3S2/c1-2-3-9-28-17-8-7-15(22)10-14(17)12-18-20(27)25(21(29)30-18)24-19(26)13-5-4-6-16(23)11-13/h4-8,10-12H,2-3,9H2,1H3,(H,24,26)/b18-12+. The zero-order valence-corrected chi connectivity index (χ0v) is 20.0. The van der Waals surface area contributed by atoms with E-state index in [1.807, 2.05) is 18.2 Å². The van der Waals surface area contributed by atoms with E-state index in [0.29, 0.717) is 27.8 Å². The first-order chi connectivity index (χ1) is 14.4. The highest BCUT2D eigenvalue weighted by atomic mass is 79.9. The van der Waals surface area contributed by atoms with Gasteiger partial charge in [0, 0.05) is 20.6 Å². The van der Waals surface area contributed by atoms with Crippen molar-refractivity contribution in [2.75, 3.05) is 6.61 Å². The molecule has 9 heteroatoms. The molecule has 0 aromatic heterocycles. The number of nitrogens with zero attached hydrogens (tertiary/aromatic N) is 1. The molecule has 5 nitrogen and oxygen atoms in total. The Morgan fingerprint density at radius 2 is 2.13 bits per heavy atom. The number of unbranched alkanes of at least 4 members (excludes halogenated alkanes) is 1. The van der Waals surface area contributed by atoms with Crippen LogP contribution in [0.3, 0.4) is 0 Å². The summed E-state index contributed by atoms with van der Waals surface area (Å²) in [7, 11) is 0. The summed E-state index contributed by atoms with van der Waals surface area (Å²) in [6.07, 6.45) is 3.68. The second kappa shape index (κ2) is 10.4. The van der Waals surface area contributed by atoms with Crippen LogP contribution in [-0.4, -0.2) is 27.8 Å². The summed E-state index contributed by atoms with van der Waals surface area (Å²) in [5.74, 6) is -0.194. The van der Waals surface area contributed by atoms with Gasteiger partial charge >= 0.3 is 0 Å². The summed E-state index contributed by atoms with van der Waals surface area (Å²) in [4.78, 5) is 25.7. The second-order valence-corrected chi connectivity index (χ2v) is 9.38. The van der Waals surface area contributed by atoms with Gasteiger partial charge in [0.25, 0.3) is 11.8 Å². The molecule has 30 heavy (non-hydrogen) atoms. The Hall–Kier alpha value is -1.87. The molecule has 1 aliphatic heterocycles. The van der Waals surface area contributed by atoms with E-state index >= 15 is 0 Å². The summed E-state index contributed by atoms with van der Waals surface area (Å²) in [6, 6.07) is 12.1. The zero-order chi connectivity index (χ0) is 21.7. The minimum absolute atomic E-state index is 0.241. The molecular weight excluding hydrogens is 508 g/mol. The number of hydrogen-bond donors (Lipinski definition) is 1. The van der Waals surface area contributed by atoms with Crippen LogP contribution in [0.4, 0.5) is 0 Å². The Bertz CT molecular complexity index is 1030. The molecule has 0 unspecified atom stereocenters. The van der Waals surface area contributed by atoms with E-state index in [0.717, 1.165) is 39.6 Å². The van der Waals surface area contributed by atoms with Crippen molar-refractivity contribution < 1.29 is 14.3 Å². The van der Waals surface area contributed by atoms with E-state index < -0.39 is 11.8 Å². The summed E-state index contributed by atoms with van der Waals surface area (Å²) in [5.41, 5.74) is 3.63. The van der Waals surface area contributed by atoms with Gasteiger partial charge in [0.15, 0.2) is 4.32 Å². The molecule has 2 amide bonds. The first kappa shape index (κ1) is 22.8. The number of nitrogens with one attached hydrogen (secondary N) is 1. The van der Waals surface area contributed by atoms with Crippen LogP contribution in [0.2, 0.25) is 5.02 Å². The van der Waals surface area contributed by atoms with Gasteiger partial charge in [-0.2, -0.15) is 5.01 Å². The monoisotopic (exact) mass is 524 g/mol. The minimum Gasteiger partial charge on any atom is -0.493 e. The predicted octanol–water partition coefficient (Wildman–Crippen LogP) is 5.83. The van der Waals surface area contributed by atoms with Crippen LogP contribution in [0.15, 0.2) is 51.8 Å². The van der Waals surface area contributed by atoms with Crippen molar-refractivity contribution in [1.82, 2.24) is 10.4 Å². The summed E-state index contributed by atoms with van der Waals surface area (Å²) >= 11 is 15.8. The molecule has 0 radical (unpaired) electrons. The van der Waals surface area contributed by atoms with Gasteiger partial charge in [0.1, 0.15) is 5.75 Å². The molecular formula is C21H18BrClN2O3S2. The largest absolute Gasteiger partial charge is 0.493 e. The number of hydrazine groups is 1. The molecule has 3 rings (SSSR count). The number of thioether (sulfide) groups is 1. The summed E-state index contributed by atoms with van der Waals surface area (Å²) in [6.45, 7) is 2.69. The summed E-state index contributed by atoms with van der Waals surface area (Å²) in [5, 5.41) is 1.50. The lowest BCUT2D eigenvalue weighted by Crippen LogP contribution is -2.44. The van der Waals surface area contributed by atoms with Crippen LogP contribution in [-0.2, 0) is 4.79 Å². The fourth-order valence-corrected chi connectivity index (χ4v) is 4.33. The maximum absolute atomic E-state index is 12.9. The maximum atomic E-state index is 12.9. The van der Waals surface area contributed by atoms with Crippen LogP contribution >= 0.6 is 51.5 Å². The predicted molar refractivity (Wildman–Crippen MR) is 128 cm³/mol. The number of hydrogen-bond acceptors (Lipinski definition) is 5. The number of ether oxygens (including phenoxy) is 1. The lowest BCUT2D eigenvalue weighted by molar-refractivity contribution is -0.123. The van der Waals surface area contributed by atoms with Gasteiger partial charge < -0.3 is 4.74 Å². The van der Waals surface area contributed by atoms with Crippen molar-refractivity contribution in [3.63, 3.8) is 0 Å². The van der Waals surface area contributed by atoms with Gasteiger partial charge in [-0.3, -0.25) is 15.0 Å². The molecule has 2 aromatic rings. The van der Waals surface area contributed by atoms with Crippen molar-refractivity contribution in [3.8, 4) is 5.75 Å². The normalized spacial score (nSPS) is 15.0. The average Bonchev–Trinajstić information content (AvgIpc) is 2.97. The number of rotatable bonds is 7. The van der Waals surface area contributed by atoms with E-state index in [9.17, 15) is 9.59 Å². The van der Waals surface area contributed by atoms with Crippen molar-refractivity contribution in [3.05, 3.63) is 68.0 Å². The third kappa shape index (κ3) is 5.63. The molecule has 156 valence electrons. The number of carbonyl (C=O) groups excluding carboxylic acids is 2. The molecule has 1 aliphatic rings. The van der Waals surface area contributed by atoms with E-state index in [1.54, 1.807) is 24.3 Å². The quantitative estimate of drug-likeness (QED) is 0.280. The van der Waals surface area contributed by atoms with E-state index in [1.165, 1.54) is 6.07 Å². The van der Waals surface area contributed by atoms with Crippen molar-refractivity contribution in [1.29, 1.82) is 0 Å². The fourth-order valence-electron chi connectivity index (χ4n) is 2.59. The molecule has 2 aromatic carbocycles. The van der Waals surface area contributed by atoms with Gasteiger partial charge in [0.05, 0.1) is 11.5 Å². The van der Waals surface area contributed by atoms with Crippen LogP contribution in [0.5, 0.6) is 5.75 Å². The van der Waals surface area contributed by atoms with E-state index in [4.69, 9.17) is 28.6 Å². The number of halogens is 2. The first-order valence-electron chi connectivity index (χ1n) is 9.16. The molecule has 1 fully saturated rings. The molecule has 1 N–H and O–H groups in total. The number of thiocarbonyl (C=S) groups is 1. The molecule has 0 aliphatic carbocycles. The van der Waals surface area contributed by atoms with Crippen LogP contribution < -0.4 is 10.2 Å². The Balaban J connectivity index is 1.80. The third-order valence-corrected chi connectivity index (χ3v) is 6.14. The third-order valence-electron chi connectivity index (χ3n) is 4.11. The lowest BCUT2D eigenvalue weighted by Gasteiger charge is -2.15. The number of benzene rings is 2. The highest BCUT2D eigenvalue weighted by Gasteiger charge is 2.34. The number of amides is 2. The first-order valence-corrected chi connectivity index (χ1v) is 11.6. The Kier molecular flexibility index (Phi) is 7.93. The average molecular weight is 526 g/mol. The molecule has 0 spiro atoms. The van der Waals surface area contributed by atoms with Gasteiger partial charge in [-0.25, -0.2) is 0 Å². The van der Waals surface area contributed by atoms with Gasteiger partial charge in [-0.15, -0.1) is 0 Å². The highest BCUT2D eigenvalue weighted by molar-refractivity contribution is 9.10. The second-order valence-electron chi connectivity index (χ2n) is 6.35. The lowest BCUT2D eigenvalue weighted by atomic mass is 10.2. The number of carbonyl (C=O) groups is 2. The SMILES string of the molecule is CCCCOc1ccc(Br)cc1/C=C1/SC(=S)N(NC(=O)c2cccc(Cl)c2)C1=O. The molecule has 0 saturated carbocycles. The van der Waals surface area contributed by atoms with Gasteiger partial charge in [-0.05, 0) is 61.1 Å².